The van der Waals surface area contributed by atoms with Crippen LogP contribution < -0.4 is 10.9 Å². The summed E-state index contributed by atoms with van der Waals surface area (Å²) >= 11 is 1.69. The second-order valence-electron chi connectivity index (χ2n) is 7.58. The van der Waals surface area contributed by atoms with Crippen molar-refractivity contribution in [3.05, 3.63) is 98.4 Å². The number of hydrogen-bond donors (Lipinski definition) is 2. The van der Waals surface area contributed by atoms with Gasteiger partial charge in [-0.3, -0.25) is 4.79 Å². The van der Waals surface area contributed by atoms with Crippen LogP contribution in [0.1, 0.15) is 39.9 Å². The predicted octanol–water partition coefficient (Wildman–Crippen LogP) is 4.55. The molecule has 1 aliphatic rings. The first-order valence-corrected chi connectivity index (χ1v) is 11.0. The fourth-order valence-electron chi connectivity index (χ4n) is 4.19. The van der Waals surface area contributed by atoms with E-state index in [-0.39, 0.29) is 11.6 Å². The lowest BCUT2D eigenvalue weighted by atomic mass is 9.99. The Labute approximate surface area is 173 Å². The molecule has 2 aromatic heterocycles. The number of nitrogens with one attached hydrogen (secondary N) is 2. The third kappa shape index (κ3) is 3.76. The van der Waals surface area contributed by atoms with Gasteiger partial charge >= 0.3 is 0 Å². The van der Waals surface area contributed by atoms with E-state index < -0.39 is 0 Å². The number of aryl methyl sites for hydroxylation is 2. The largest absolute Gasteiger partial charge is 0.309 e. The molecular formula is C24H23N3OS. The average Bonchev–Trinajstić information content (AvgIpc) is 3.33. The molecule has 1 atom stereocenters. The number of hydrogen-bond acceptors (Lipinski definition) is 4. The van der Waals surface area contributed by atoms with Gasteiger partial charge in [0.25, 0.3) is 5.56 Å². The molecule has 2 heterocycles. The molecule has 146 valence electrons. The lowest BCUT2D eigenvalue weighted by Gasteiger charge is -2.19. The Hall–Kier alpha value is -2.76. The number of H-pyrrole nitrogens is 1. The fourth-order valence-corrected chi connectivity index (χ4v) is 5.47. The molecular weight excluding hydrogens is 378 g/mol. The van der Waals surface area contributed by atoms with Gasteiger partial charge in [-0.1, -0.05) is 60.7 Å². The molecule has 4 aromatic rings. The summed E-state index contributed by atoms with van der Waals surface area (Å²) in [5.41, 5.74) is 3.74. The van der Waals surface area contributed by atoms with Crippen molar-refractivity contribution in [3.8, 4) is 0 Å². The van der Waals surface area contributed by atoms with Crippen molar-refractivity contribution in [1.82, 2.24) is 15.3 Å². The third-order valence-corrected chi connectivity index (χ3v) is 6.81. The Morgan fingerprint density at radius 1 is 1.03 bits per heavy atom. The number of nitrogens with zero attached hydrogens (tertiary/aromatic N) is 1. The number of fused-ring (bicyclic) bond motifs is 3. The predicted molar refractivity (Wildman–Crippen MR) is 118 cm³/mol. The van der Waals surface area contributed by atoms with Crippen molar-refractivity contribution < 1.29 is 0 Å². The molecule has 0 saturated heterocycles. The molecule has 0 radical (unpaired) electrons. The zero-order chi connectivity index (χ0) is 19.6. The molecule has 0 saturated carbocycles. The van der Waals surface area contributed by atoms with E-state index in [4.69, 9.17) is 4.98 Å². The first-order chi connectivity index (χ1) is 14.3. The maximum Gasteiger partial charge on any atom is 0.259 e. The number of benzene rings is 2. The van der Waals surface area contributed by atoms with Gasteiger partial charge in [0.15, 0.2) is 0 Å². The van der Waals surface area contributed by atoms with Gasteiger partial charge in [0.05, 0.1) is 11.9 Å². The minimum atomic E-state index is 0.00511. The van der Waals surface area contributed by atoms with Gasteiger partial charge in [-0.15, -0.1) is 11.3 Å². The summed E-state index contributed by atoms with van der Waals surface area (Å²) in [6, 6.07) is 21.1. The smallest absolute Gasteiger partial charge is 0.259 e. The minimum Gasteiger partial charge on any atom is -0.309 e. The molecule has 4 nitrogen and oxygen atoms in total. The SMILES string of the molecule is O=c1[nH]c(CN[C@H](Cc2ccccc2)c2ccccc2)nc2sc3c(c12)CCC3. The molecule has 0 aliphatic heterocycles. The second kappa shape index (κ2) is 7.93. The van der Waals surface area contributed by atoms with Crippen LogP contribution in [0.4, 0.5) is 0 Å². The quantitative estimate of drug-likeness (QED) is 0.498. The van der Waals surface area contributed by atoms with Crippen LogP contribution in [0.3, 0.4) is 0 Å². The third-order valence-electron chi connectivity index (χ3n) is 5.62. The van der Waals surface area contributed by atoms with Crippen LogP contribution in [0.25, 0.3) is 10.2 Å². The van der Waals surface area contributed by atoms with Crippen LogP contribution in [0.2, 0.25) is 0 Å². The highest BCUT2D eigenvalue weighted by atomic mass is 32.1. The van der Waals surface area contributed by atoms with Crippen molar-refractivity contribution in [3.63, 3.8) is 0 Å². The van der Waals surface area contributed by atoms with Crippen molar-refractivity contribution in [2.75, 3.05) is 0 Å². The standard InChI is InChI=1S/C24H23N3OS/c28-23-22-18-12-7-13-20(18)29-24(22)27-21(26-23)15-25-19(17-10-5-2-6-11-17)14-16-8-3-1-4-9-16/h1-6,8-11,19,25H,7,12-15H2,(H,26,27,28)/t19-/m1/s1. The van der Waals surface area contributed by atoms with Crippen LogP contribution in [0.15, 0.2) is 65.5 Å². The number of aromatic nitrogens is 2. The van der Waals surface area contributed by atoms with Crippen LogP contribution in [0.5, 0.6) is 0 Å². The van der Waals surface area contributed by atoms with Crippen molar-refractivity contribution in [2.45, 2.75) is 38.3 Å². The average molecular weight is 402 g/mol. The first kappa shape index (κ1) is 18.3. The van der Waals surface area contributed by atoms with Gasteiger partial charge in [-0.05, 0) is 42.4 Å². The summed E-state index contributed by atoms with van der Waals surface area (Å²) < 4.78 is 0. The number of aromatic amines is 1. The summed E-state index contributed by atoms with van der Waals surface area (Å²) in [7, 11) is 0. The van der Waals surface area contributed by atoms with Gasteiger partial charge in [-0.25, -0.2) is 4.98 Å². The van der Waals surface area contributed by atoms with Crippen molar-refractivity contribution in [2.24, 2.45) is 0 Å². The molecule has 5 rings (SSSR count). The molecule has 2 N–H and O–H groups in total. The zero-order valence-corrected chi connectivity index (χ0v) is 17.0. The van der Waals surface area contributed by atoms with Crippen LogP contribution in [-0.2, 0) is 25.8 Å². The minimum absolute atomic E-state index is 0.00511. The zero-order valence-electron chi connectivity index (χ0n) is 16.2. The highest BCUT2D eigenvalue weighted by molar-refractivity contribution is 7.18. The van der Waals surface area contributed by atoms with Gasteiger partial charge in [0.2, 0.25) is 0 Å². The van der Waals surface area contributed by atoms with E-state index in [1.807, 2.05) is 12.1 Å². The van der Waals surface area contributed by atoms with E-state index in [1.54, 1.807) is 11.3 Å². The summed E-state index contributed by atoms with van der Waals surface area (Å²) in [5, 5.41) is 4.43. The normalized spacial score (nSPS) is 14.2. The van der Waals surface area contributed by atoms with Crippen molar-refractivity contribution in [1.29, 1.82) is 0 Å². The number of thiophene rings is 1. The summed E-state index contributed by atoms with van der Waals surface area (Å²) in [5.74, 6) is 0.705. The van der Waals surface area contributed by atoms with E-state index in [9.17, 15) is 4.79 Å². The Morgan fingerprint density at radius 2 is 1.79 bits per heavy atom. The Kier molecular flexibility index (Phi) is 5.00. The summed E-state index contributed by atoms with van der Waals surface area (Å²) in [6.07, 6.45) is 4.12. The van der Waals surface area contributed by atoms with E-state index >= 15 is 0 Å². The lowest BCUT2D eigenvalue weighted by molar-refractivity contribution is 0.519. The Bertz CT molecular complexity index is 1180. The van der Waals surface area contributed by atoms with Crippen LogP contribution >= 0.6 is 11.3 Å². The maximum atomic E-state index is 12.7. The molecule has 0 amide bonds. The Morgan fingerprint density at radius 3 is 2.59 bits per heavy atom. The van der Waals surface area contributed by atoms with Gasteiger partial charge in [-0.2, -0.15) is 0 Å². The van der Waals surface area contributed by atoms with Crippen LogP contribution in [-0.4, -0.2) is 9.97 Å². The van der Waals surface area contributed by atoms with Gasteiger partial charge < -0.3 is 10.3 Å². The van der Waals surface area contributed by atoms with E-state index in [0.29, 0.717) is 12.4 Å². The van der Waals surface area contributed by atoms with Crippen LogP contribution in [0, 0.1) is 0 Å². The molecule has 1 aliphatic carbocycles. The molecule has 0 spiro atoms. The molecule has 0 fully saturated rings. The Balaban J connectivity index is 1.40. The number of rotatable bonds is 6. The maximum absolute atomic E-state index is 12.7. The van der Waals surface area contributed by atoms with Gasteiger partial charge in [0.1, 0.15) is 10.7 Å². The topological polar surface area (TPSA) is 57.8 Å². The fraction of sp³-hybridized carbons (Fsp3) is 0.250. The van der Waals surface area contributed by atoms with Crippen molar-refractivity contribution >= 4 is 21.6 Å². The summed E-state index contributed by atoms with van der Waals surface area (Å²) in [4.78, 5) is 22.7. The second-order valence-corrected chi connectivity index (χ2v) is 8.67. The molecule has 0 unspecified atom stereocenters. The van der Waals surface area contributed by atoms with E-state index in [1.165, 1.54) is 21.6 Å². The molecule has 5 heteroatoms. The molecule has 2 aromatic carbocycles. The van der Waals surface area contributed by atoms with Gasteiger partial charge in [0, 0.05) is 10.9 Å². The monoisotopic (exact) mass is 401 g/mol. The highest BCUT2D eigenvalue weighted by Gasteiger charge is 2.21. The summed E-state index contributed by atoms with van der Waals surface area (Å²) in [6.45, 7) is 0.528. The molecule has 29 heavy (non-hydrogen) atoms. The molecule has 0 bridgehead atoms. The lowest BCUT2D eigenvalue weighted by Crippen LogP contribution is -2.25. The highest BCUT2D eigenvalue weighted by Crippen LogP contribution is 2.34. The van der Waals surface area contributed by atoms with E-state index in [0.717, 1.165) is 35.9 Å². The first-order valence-electron chi connectivity index (χ1n) is 10.1. The van der Waals surface area contributed by atoms with E-state index in [2.05, 4.69) is 58.8 Å².